The number of imide groups is 1. The maximum absolute atomic E-state index is 11.0. The fraction of sp³-hybridized carbons (Fsp3) is 0.667. The third-order valence-corrected chi connectivity index (χ3v) is 1.91. The molecule has 0 bridgehead atoms. The quantitative estimate of drug-likeness (QED) is 0.575. The maximum Gasteiger partial charge on any atom is 0.318 e. The molecule has 0 spiro atoms. The summed E-state index contributed by atoms with van der Waals surface area (Å²) in [6.07, 6.45) is 0.422. The Balaban J connectivity index is 3.64. The molecule has 0 unspecified atom stereocenters. The molecular weight excluding hydrogens is 214 g/mol. The van der Waals surface area contributed by atoms with E-state index in [4.69, 9.17) is 5.73 Å². The predicted octanol–water partition coefficient (Wildman–Crippen LogP) is -0.934. The predicted molar refractivity (Wildman–Crippen MR) is 56.5 cm³/mol. The number of rotatable bonds is 6. The lowest BCUT2D eigenvalue weighted by Crippen LogP contribution is -2.37. The summed E-state index contributed by atoms with van der Waals surface area (Å²) in [6, 6.07) is -0.859. The van der Waals surface area contributed by atoms with Crippen LogP contribution in [-0.4, -0.2) is 50.1 Å². The Hall–Kier alpha value is -1.63. The molecule has 0 rings (SSSR count). The van der Waals surface area contributed by atoms with E-state index in [-0.39, 0.29) is 18.8 Å². The molecule has 0 aliphatic rings. The van der Waals surface area contributed by atoms with Gasteiger partial charge in [-0.15, -0.1) is 0 Å². The number of nitrogens with two attached hydrogens (primary N) is 1. The highest BCUT2D eigenvalue weighted by Gasteiger charge is 2.08. The van der Waals surface area contributed by atoms with Crippen molar-refractivity contribution in [3.05, 3.63) is 0 Å². The van der Waals surface area contributed by atoms with Crippen molar-refractivity contribution in [1.82, 2.24) is 10.2 Å². The number of ether oxygens (including phenoxy) is 1. The molecule has 0 heterocycles. The first-order valence-corrected chi connectivity index (χ1v) is 4.80. The van der Waals surface area contributed by atoms with Crippen molar-refractivity contribution in [2.24, 2.45) is 5.73 Å². The molecule has 0 aliphatic carbocycles. The van der Waals surface area contributed by atoms with E-state index in [1.807, 2.05) is 5.32 Å². The van der Waals surface area contributed by atoms with E-state index >= 15 is 0 Å². The van der Waals surface area contributed by atoms with Crippen LogP contribution in [0.3, 0.4) is 0 Å². The largest absolute Gasteiger partial charge is 0.469 e. The molecule has 16 heavy (non-hydrogen) atoms. The number of nitrogens with one attached hydrogen (secondary N) is 1. The fourth-order valence-electron chi connectivity index (χ4n) is 0.988. The average molecular weight is 231 g/mol. The number of primary amides is 1. The van der Waals surface area contributed by atoms with Gasteiger partial charge in [0.1, 0.15) is 0 Å². The van der Waals surface area contributed by atoms with Gasteiger partial charge in [-0.3, -0.25) is 14.9 Å². The summed E-state index contributed by atoms with van der Waals surface area (Å²) in [5.41, 5.74) is 4.77. The Kier molecular flexibility index (Phi) is 6.86. The van der Waals surface area contributed by atoms with E-state index in [9.17, 15) is 14.4 Å². The SMILES string of the molecule is COC(=O)CCN(C)CCC(=O)NC(N)=O. The summed E-state index contributed by atoms with van der Waals surface area (Å²) in [5.74, 6) is -0.731. The van der Waals surface area contributed by atoms with Gasteiger partial charge >= 0.3 is 12.0 Å². The molecule has 7 nitrogen and oxygen atoms in total. The van der Waals surface area contributed by atoms with Gasteiger partial charge in [0.2, 0.25) is 5.91 Å². The Morgan fingerprint density at radius 2 is 1.81 bits per heavy atom. The summed E-state index contributed by atoms with van der Waals surface area (Å²) >= 11 is 0. The third-order valence-electron chi connectivity index (χ3n) is 1.91. The van der Waals surface area contributed by atoms with Crippen LogP contribution in [0.2, 0.25) is 0 Å². The number of carbonyl (C=O) groups excluding carboxylic acids is 3. The van der Waals surface area contributed by atoms with E-state index in [1.165, 1.54) is 7.11 Å². The van der Waals surface area contributed by atoms with E-state index in [0.29, 0.717) is 13.1 Å². The summed E-state index contributed by atoms with van der Waals surface area (Å²) in [4.78, 5) is 33.9. The second-order valence-electron chi connectivity index (χ2n) is 3.29. The molecule has 0 aromatic carbocycles. The zero-order valence-electron chi connectivity index (χ0n) is 9.49. The van der Waals surface area contributed by atoms with Crippen LogP contribution >= 0.6 is 0 Å². The second kappa shape index (κ2) is 7.63. The highest BCUT2D eigenvalue weighted by Crippen LogP contribution is 1.92. The number of hydrogen-bond acceptors (Lipinski definition) is 5. The molecule has 92 valence electrons. The summed E-state index contributed by atoms with van der Waals surface area (Å²) in [5, 5.41) is 1.96. The lowest BCUT2D eigenvalue weighted by molar-refractivity contribution is -0.140. The van der Waals surface area contributed by atoms with Gasteiger partial charge in [-0.2, -0.15) is 0 Å². The molecule has 7 heteroatoms. The van der Waals surface area contributed by atoms with Gasteiger partial charge < -0.3 is 15.4 Å². The Labute approximate surface area is 93.9 Å². The van der Waals surface area contributed by atoms with Crippen LogP contribution in [0.1, 0.15) is 12.8 Å². The van der Waals surface area contributed by atoms with Gasteiger partial charge in [0.25, 0.3) is 0 Å². The van der Waals surface area contributed by atoms with Crippen molar-refractivity contribution < 1.29 is 19.1 Å². The number of carbonyl (C=O) groups is 3. The molecule has 3 amide bonds. The standard InChI is InChI=1S/C9H17N3O4/c1-12(6-4-8(14)16-2)5-3-7(13)11-9(10)15/h3-6H2,1-2H3,(H3,10,11,13,15). The van der Waals surface area contributed by atoms with Gasteiger partial charge in [-0.1, -0.05) is 0 Å². The van der Waals surface area contributed by atoms with Crippen molar-refractivity contribution in [1.29, 1.82) is 0 Å². The average Bonchev–Trinajstić information content (AvgIpc) is 2.22. The van der Waals surface area contributed by atoms with E-state index < -0.39 is 11.9 Å². The van der Waals surface area contributed by atoms with Crippen LogP contribution in [0.5, 0.6) is 0 Å². The molecule has 0 saturated heterocycles. The minimum atomic E-state index is -0.859. The van der Waals surface area contributed by atoms with Crippen LogP contribution in [0, 0.1) is 0 Å². The first-order chi connectivity index (χ1) is 7.45. The molecule has 0 aromatic rings. The van der Waals surface area contributed by atoms with Crippen molar-refractivity contribution in [2.75, 3.05) is 27.2 Å². The molecule has 0 fully saturated rings. The zero-order valence-corrected chi connectivity index (χ0v) is 9.49. The third kappa shape index (κ3) is 7.74. The number of methoxy groups -OCH3 is 1. The Morgan fingerprint density at radius 3 is 2.31 bits per heavy atom. The van der Waals surface area contributed by atoms with Crippen LogP contribution in [0.15, 0.2) is 0 Å². The van der Waals surface area contributed by atoms with Crippen LogP contribution in [-0.2, 0) is 14.3 Å². The van der Waals surface area contributed by atoms with Crippen molar-refractivity contribution in [3.8, 4) is 0 Å². The maximum atomic E-state index is 11.0. The Morgan fingerprint density at radius 1 is 1.25 bits per heavy atom. The molecule has 0 aromatic heterocycles. The number of urea groups is 1. The van der Waals surface area contributed by atoms with Gasteiger partial charge in [0.15, 0.2) is 0 Å². The fourth-order valence-corrected chi connectivity index (χ4v) is 0.988. The summed E-state index contributed by atoms with van der Waals surface area (Å²) in [6.45, 7) is 0.937. The number of hydrogen-bond donors (Lipinski definition) is 2. The molecule has 0 aliphatic heterocycles. The van der Waals surface area contributed by atoms with Gasteiger partial charge in [-0.25, -0.2) is 4.79 Å². The van der Waals surface area contributed by atoms with Crippen molar-refractivity contribution in [3.63, 3.8) is 0 Å². The van der Waals surface area contributed by atoms with Crippen LogP contribution in [0.4, 0.5) is 4.79 Å². The van der Waals surface area contributed by atoms with Gasteiger partial charge in [0.05, 0.1) is 13.5 Å². The minimum absolute atomic E-state index is 0.153. The zero-order chi connectivity index (χ0) is 12.6. The number of esters is 1. The molecule has 0 radical (unpaired) electrons. The lowest BCUT2D eigenvalue weighted by Gasteiger charge is -2.14. The van der Waals surface area contributed by atoms with Crippen LogP contribution in [0.25, 0.3) is 0 Å². The lowest BCUT2D eigenvalue weighted by atomic mass is 10.3. The van der Waals surface area contributed by atoms with Gasteiger partial charge in [0, 0.05) is 19.5 Å². The highest BCUT2D eigenvalue weighted by atomic mass is 16.5. The van der Waals surface area contributed by atoms with E-state index in [2.05, 4.69) is 4.74 Å². The number of amides is 3. The first-order valence-electron chi connectivity index (χ1n) is 4.80. The summed E-state index contributed by atoms with van der Waals surface area (Å²) in [7, 11) is 3.09. The number of nitrogens with zero attached hydrogens (tertiary/aromatic N) is 1. The monoisotopic (exact) mass is 231 g/mol. The topological polar surface area (TPSA) is 102 Å². The second-order valence-corrected chi connectivity index (χ2v) is 3.29. The van der Waals surface area contributed by atoms with E-state index in [0.717, 1.165) is 0 Å². The molecule has 0 saturated carbocycles. The highest BCUT2D eigenvalue weighted by molar-refractivity contribution is 5.93. The molecule has 3 N–H and O–H groups in total. The van der Waals surface area contributed by atoms with Crippen molar-refractivity contribution >= 4 is 17.9 Å². The summed E-state index contributed by atoms with van der Waals surface area (Å²) < 4.78 is 4.47. The van der Waals surface area contributed by atoms with E-state index in [1.54, 1.807) is 11.9 Å². The van der Waals surface area contributed by atoms with Crippen molar-refractivity contribution in [2.45, 2.75) is 12.8 Å². The minimum Gasteiger partial charge on any atom is -0.469 e. The Bertz CT molecular complexity index is 267. The van der Waals surface area contributed by atoms with Gasteiger partial charge in [-0.05, 0) is 7.05 Å². The normalized spacial score (nSPS) is 9.94. The van der Waals surface area contributed by atoms with Crippen LogP contribution < -0.4 is 11.1 Å². The smallest absolute Gasteiger partial charge is 0.318 e. The molecule has 0 atom stereocenters. The first kappa shape index (κ1) is 14.4. The molecular formula is C9H17N3O4.